The molecular weight excluding hydrogens is 232 g/mol. The zero-order valence-corrected chi connectivity index (χ0v) is 10.6. The summed E-state index contributed by atoms with van der Waals surface area (Å²) in [5, 5.41) is 18.7. The molecule has 1 heterocycles. The first-order valence-electron chi connectivity index (χ1n) is 6.13. The minimum Gasteiger partial charge on any atom is -0.508 e. The Morgan fingerprint density at radius 2 is 2.22 bits per heavy atom. The lowest BCUT2D eigenvalue weighted by molar-refractivity contribution is 0.0362. The van der Waals surface area contributed by atoms with Gasteiger partial charge < -0.3 is 14.9 Å². The number of aromatic hydroxyl groups is 1. The lowest BCUT2D eigenvalue weighted by Gasteiger charge is -2.35. The standard InChI is InChI=1S/C14H18O4/c1-9(15)5-6-14(2)8-12(17)11-7-10(16)3-4-13(11)18-14/h3-4,7,9,15-16H,5-6,8H2,1-2H3. The van der Waals surface area contributed by atoms with Crippen LogP contribution >= 0.6 is 0 Å². The van der Waals surface area contributed by atoms with Crippen molar-refractivity contribution in [3.8, 4) is 11.5 Å². The Morgan fingerprint density at radius 1 is 1.50 bits per heavy atom. The van der Waals surface area contributed by atoms with Gasteiger partial charge in [0.25, 0.3) is 0 Å². The van der Waals surface area contributed by atoms with E-state index in [0.29, 0.717) is 24.2 Å². The molecule has 2 atom stereocenters. The molecule has 0 saturated heterocycles. The number of ketones is 1. The van der Waals surface area contributed by atoms with Gasteiger partial charge in [0.05, 0.1) is 18.1 Å². The van der Waals surface area contributed by atoms with Gasteiger partial charge in [0.2, 0.25) is 0 Å². The molecule has 2 rings (SSSR count). The van der Waals surface area contributed by atoms with Gasteiger partial charge >= 0.3 is 0 Å². The highest BCUT2D eigenvalue weighted by Gasteiger charge is 2.36. The van der Waals surface area contributed by atoms with E-state index in [0.717, 1.165) is 0 Å². The summed E-state index contributed by atoms with van der Waals surface area (Å²) in [5.74, 6) is 0.552. The maximum Gasteiger partial charge on any atom is 0.170 e. The van der Waals surface area contributed by atoms with Crippen molar-refractivity contribution in [2.45, 2.75) is 44.8 Å². The van der Waals surface area contributed by atoms with Gasteiger partial charge in [0.1, 0.15) is 17.1 Å². The molecule has 1 aliphatic heterocycles. The Hall–Kier alpha value is -1.55. The molecule has 1 aromatic carbocycles. The Balaban J connectivity index is 2.22. The summed E-state index contributed by atoms with van der Waals surface area (Å²) in [6, 6.07) is 4.56. The van der Waals surface area contributed by atoms with E-state index in [-0.39, 0.29) is 18.0 Å². The number of aliphatic hydroxyl groups excluding tert-OH is 1. The number of carbonyl (C=O) groups is 1. The number of carbonyl (C=O) groups excluding carboxylic acids is 1. The molecule has 0 fully saturated rings. The van der Waals surface area contributed by atoms with E-state index in [1.54, 1.807) is 13.0 Å². The van der Waals surface area contributed by atoms with Crippen molar-refractivity contribution in [3.05, 3.63) is 23.8 Å². The van der Waals surface area contributed by atoms with Crippen molar-refractivity contribution in [1.82, 2.24) is 0 Å². The molecule has 2 unspecified atom stereocenters. The van der Waals surface area contributed by atoms with Crippen LogP contribution in [0, 0.1) is 0 Å². The maximum atomic E-state index is 12.0. The fraction of sp³-hybridized carbons (Fsp3) is 0.500. The Bertz CT molecular complexity index is 467. The summed E-state index contributed by atoms with van der Waals surface area (Å²) in [4.78, 5) is 12.0. The molecule has 0 aromatic heterocycles. The van der Waals surface area contributed by atoms with Gasteiger partial charge in [0, 0.05) is 0 Å². The first-order valence-corrected chi connectivity index (χ1v) is 6.13. The second kappa shape index (κ2) is 4.61. The highest BCUT2D eigenvalue weighted by molar-refractivity contribution is 6.00. The van der Waals surface area contributed by atoms with Crippen LogP contribution in [-0.2, 0) is 0 Å². The van der Waals surface area contributed by atoms with Gasteiger partial charge in [-0.15, -0.1) is 0 Å². The third kappa shape index (κ3) is 2.64. The van der Waals surface area contributed by atoms with Gasteiger partial charge in [-0.3, -0.25) is 4.79 Å². The van der Waals surface area contributed by atoms with Crippen LogP contribution in [0.4, 0.5) is 0 Å². The van der Waals surface area contributed by atoms with E-state index in [2.05, 4.69) is 0 Å². The van der Waals surface area contributed by atoms with Crippen molar-refractivity contribution < 1.29 is 19.7 Å². The van der Waals surface area contributed by atoms with E-state index in [9.17, 15) is 15.0 Å². The molecule has 1 aliphatic rings. The first-order chi connectivity index (χ1) is 8.39. The fourth-order valence-electron chi connectivity index (χ4n) is 2.21. The molecular formula is C14H18O4. The van der Waals surface area contributed by atoms with Crippen LogP contribution in [0.1, 0.15) is 43.5 Å². The molecule has 18 heavy (non-hydrogen) atoms. The number of phenolic OH excluding ortho intramolecular Hbond substituents is 1. The number of hydrogen-bond acceptors (Lipinski definition) is 4. The predicted molar refractivity (Wildman–Crippen MR) is 67.0 cm³/mol. The number of fused-ring (bicyclic) bond motifs is 1. The third-order valence-corrected chi connectivity index (χ3v) is 3.25. The summed E-state index contributed by atoms with van der Waals surface area (Å²) in [7, 11) is 0. The maximum absolute atomic E-state index is 12.0. The minimum atomic E-state index is -0.571. The van der Waals surface area contributed by atoms with Crippen molar-refractivity contribution in [1.29, 1.82) is 0 Å². The zero-order chi connectivity index (χ0) is 13.3. The fourth-order valence-corrected chi connectivity index (χ4v) is 2.21. The van der Waals surface area contributed by atoms with E-state index in [1.807, 2.05) is 6.92 Å². The van der Waals surface area contributed by atoms with Gasteiger partial charge in [-0.05, 0) is 44.9 Å². The Morgan fingerprint density at radius 3 is 2.89 bits per heavy atom. The Kier molecular flexibility index (Phi) is 3.30. The summed E-state index contributed by atoms with van der Waals surface area (Å²) < 4.78 is 5.85. The molecule has 0 spiro atoms. The molecule has 0 amide bonds. The van der Waals surface area contributed by atoms with Crippen LogP contribution in [0.3, 0.4) is 0 Å². The number of aliphatic hydroxyl groups is 1. The van der Waals surface area contributed by atoms with Crippen LogP contribution < -0.4 is 4.74 Å². The SMILES string of the molecule is CC(O)CCC1(C)CC(=O)c2cc(O)ccc2O1. The molecule has 0 radical (unpaired) electrons. The lowest BCUT2D eigenvalue weighted by Crippen LogP contribution is -2.39. The third-order valence-electron chi connectivity index (χ3n) is 3.25. The second-order valence-electron chi connectivity index (χ2n) is 5.22. The molecule has 0 saturated carbocycles. The smallest absolute Gasteiger partial charge is 0.170 e. The van der Waals surface area contributed by atoms with E-state index in [1.165, 1.54) is 12.1 Å². The number of benzene rings is 1. The lowest BCUT2D eigenvalue weighted by atomic mass is 9.87. The van der Waals surface area contributed by atoms with Crippen molar-refractivity contribution in [2.75, 3.05) is 0 Å². The highest BCUT2D eigenvalue weighted by atomic mass is 16.5. The number of Topliss-reactive ketones (excluding diaryl/α,β-unsaturated/α-hetero) is 1. The van der Waals surface area contributed by atoms with Gasteiger partial charge in [-0.1, -0.05) is 0 Å². The van der Waals surface area contributed by atoms with Crippen molar-refractivity contribution >= 4 is 5.78 Å². The van der Waals surface area contributed by atoms with E-state index >= 15 is 0 Å². The molecule has 0 aliphatic carbocycles. The predicted octanol–water partition coefficient (Wildman–Crippen LogP) is 2.28. The van der Waals surface area contributed by atoms with E-state index in [4.69, 9.17) is 4.74 Å². The number of rotatable bonds is 3. The molecule has 1 aromatic rings. The zero-order valence-electron chi connectivity index (χ0n) is 10.6. The topological polar surface area (TPSA) is 66.8 Å². The molecule has 2 N–H and O–H groups in total. The Labute approximate surface area is 106 Å². The van der Waals surface area contributed by atoms with Crippen LogP contribution in [0.15, 0.2) is 18.2 Å². The summed E-state index contributed by atoms with van der Waals surface area (Å²) >= 11 is 0. The van der Waals surface area contributed by atoms with Crippen molar-refractivity contribution in [3.63, 3.8) is 0 Å². The minimum absolute atomic E-state index is 0.0276. The summed E-state index contributed by atoms with van der Waals surface area (Å²) in [5.41, 5.74) is -0.137. The van der Waals surface area contributed by atoms with Gasteiger partial charge in [-0.25, -0.2) is 0 Å². The molecule has 4 nitrogen and oxygen atoms in total. The molecule has 98 valence electrons. The van der Waals surface area contributed by atoms with Crippen molar-refractivity contribution in [2.24, 2.45) is 0 Å². The second-order valence-corrected chi connectivity index (χ2v) is 5.22. The largest absolute Gasteiger partial charge is 0.508 e. The average molecular weight is 250 g/mol. The number of hydrogen-bond donors (Lipinski definition) is 2. The monoisotopic (exact) mass is 250 g/mol. The summed E-state index contributed by atoms with van der Waals surface area (Å²) in [6.45, 7) is 3.60. The van der Waals surface area contributed by atoms with Crippen LogP contribution in [0.2, 0.25) is 0 Å². The van der Waals surface area contributed by atoms with Crippen LogP contribution in [-0.4, -0.2) is 27.7 Å². The van der Waals surface area contributed by atoms with E-state index < -0.39 is 11.7 Å². The molecule has 4 heteroatoms. The van der Waals surface area contributed by atoms with Gasteiger partial charge in [0.15, 0.2) is 5.78 Å². The highest BCUT2D eigenvalue weighted by Crippen LogP contribution is 2.37. The first kappa shape index (κ1) is 12.9. The summed E-state index contributed by atoms with van der Waals surface area (Å²) in [6.07, 6.45) is 1.09. The molecule has 0 bridgehead atoms. The quantitative estimate of drug-likeness (QED) is 0.863. The number of phenols is 1. The van der Waals surface area contributed by atoms with Crippen LogP contribution in [0.25, 0.3) is 0 Å². The normalized spacial score (nSPS) is 24.3. The van der Waals surface area contributed by atoms with Gasteiger partial charge in [-0.2, -0.15) is 0 Å². The van der Waals surface area contributed by atoms with Crippen LogP contribution in [0.5, 0.6) is 11.5 Å². The average Bonchev–Trinajstić information content (AvgIpc) is 2.28. The number of ether oxygens (including phenoxy) is 1.